The lowest BCUT2D eigenvalue weighted by atomic mass is 10.0. The lowest BCUT2D eigenvalue weighted by Gasteiger charge is -2.10. The first-order valence-corrected chi connectivity index (χ1v) is 8.03. The second-order valence-electron chi connectivity index (χ2n) is 5.68. The van der Waals surface area contributed by atoms with E-state index in [2.05, 4.69) is 23.5 Å². The highest BCUT2D eigenvalue weighted by Gasteiger charge is 2.14. The summed E-state index contributed by atoms with van der Waals surface area (Å²) in [4.78, 5) is 0. The van der Waals surface area contributed by atoms with Crippen LogP contribution in [-0.2, 0) is 13.0 Å². The minimum atomic E-state index is 0.760. The smallest absolute Gasteiger partial charge is 0.127 e. The summed E-state index contributed by atoms with van der Waals surface area (Å²) in [5.41, 5.74) is 4.94. The van der Waals surface area contributed by atoms with Crippen molar-refractivity contribution in [3.63, 3.8) is 0 Å². The average Bonchev–Trinajstić information content (AvgIpc) is 2.74. The van der Waals surface area contributed by atoms with E-state index in [-0.39, 0.29) is 0 Å². The molecule has 3 aromatic carbocycles. The Labute approximate surface area is 140 Å². The zero-order chi connectivity index (χ0) is 15.6. The molecule has 0 atom stereocenters. The Morgan fingerprint density at radius 2 is 1.61 bits per heavy atom. The van der Waals surface area contributed by atoms with Gasteiger partial charge in [-0.05, 0) is 59.5 Å². The molecule has 0 aromatic heterocycles. The molecule has 23 heavy (non-hydrogen) atoms. The maximum Gasteiger partial charge on any atom is 0.127 e. The predicted octanol–water partition coefficient (Wildman–Crippen LogP) is 5.65. The second-order valence-corrected chi connectivity index (χ2v) is 6.11. The maximum absolute atomic E-state index is 6.10. The lowest BCUT2D eigenvalue weighted by molar-refractivity contribution is 0.482. The van der Waals surface area contributed by atoms with Gasteiger partial charge in [0.05, 0.1) is 0 Å². The third kappa shape index (κ3) is 3.03. The largest absolute Gasteiger partial charge is 0.457 e. The number of hydrogen-bond donors (Lipinski definition) is 1. The molecule has 1 aliphatic heterocycles. The van der Waals surface area contributed by atoms with E-state index in [0.717, 1.165) is 35.2 Å². The first-order valence-electron chi connectivity index (χ1n) is 7.65. The summed E-state index contributed by atoms with van der Waals surface area (Å²) in [6.07, 6.45) is 0.876. The van der Waals surface area contributed by atoms with Gasteiger partial charge in [0.2, 0.25) is 0 Å². The van der Waals surface area contributed by atoms with E-state index in [1.165, 1.54) is 16.7 Å². The van der Waals surface area contributed by atoms with Gasteiger partial charge in [-0.3, -0.25) is 0 Å². The Morgan fingerprint density at radius 3 is 2.48 bits per heavy atom. The van der Waals surface area contributed by atoms with Crippen LogP contribution in [0.25, 0.3) is 0 Å². The summed E-state index contributed by atoms with van der Waals surface area (Å²) in [7, 11) is 0. The molecule has 0 saturated heterocycles. The van der Waals surface area contributed by atoms with Crippen molar-refractivity contribution in [2.45, 2.75) is 13.0 Å². The van der Waals surface area contributed by atoms with E-state index in [9.17, 15) is 0 Å². The Bertz CT molecular complexity index is 846. The standard InChI is InChI=1S/C20H16ClNO/c21-17-8-6-14-10-16-11-19(23-18-4-2-1-3-5-18)9-7-15(16)13-22-20(14)12-17/h1-9,11-12,22H,10,13H2. The van der Waals surface area contributed by atoms with Crippen LogP contribution in [0.4, 0.5) is 5.69 Å². The van der Waals surface area contributed by atoms with E-state index in [1.54, 1.807) is 0 Å². The number of benzene rings is 3. The van der Waals surface area contributed by atoms with Crippen LogP contribution in [0.3, 0.4) is 0 Å². The second kappa shape index (κ2) is 5.98. The number of nitrogens with one attached hydrogen (secondary N) is 1. The third-order valence-corrected chi connectivity index (χ3v) is 4.31. The molecular weight excluding hydrogens is 306 g/mol. The van der Waals surface area contributed by atoms with Crippen LogP contribution in [0.1, 0.15) is 16.7 Å². The normalized spacial score (nSPS) is 12.6. The average molecular weight is 322 g/mol. The van der Waals surface area contributed by atoms with Crippen LogP contribution in [0, 0.1) is 0 Å². The highest BCUT2D eigenvalue weighted by atomic mass is 35.5. The van der Waals surface area contributed by atoms with Crippen molar-refractivity contribution in [3.05, 3.63) is 88.4 Å². The van der Waals surface area contributed by atoms with E-state index in [4.69, 9.17) is 16.3 Å². The maximum atomic E-state index is 6.10. The van der Waals surface area contributed by atoms with Gasteiger partial charge >= 0.3 is 0 Å². The summed E-state index contributed by atoms with van der Waals surface area (Å²) in [5.74, 6) is 1.72. The first-order chi connectivity index (χ1) is 11.3. The zero-order valence-electron chi connectivity index (χ0n) is 12.6. The molecule has 1 N–H and O–H groups in total. The molecule has 3 heteroatoms. The highest BCUT2D eigenvalue weighted by Crippen LogP contribution is 2.31. The fraction of sp³-hybridized carbons (Fsp3) is 0.100. The molecule has 0 radical (unpaired) electrons. The van der Waals surface area contributed by atoms with Crippen LogP contribution >= 0.6 is 11.6 Å². The Morgan fingerprint density at radius 1 is 0.783 bits per heavy atom. The van der Waals surface area contributed by atoms with E-state index < -0.39 is 0 Å². The van der Waals surface area contributed by atoms with Gasteiger partial charge in [0.15, 0.2) is 0 Å². The fourth-order valence-corrected chi connectivity index (χ4v) is 3.06. The van der Waals surface area contributed by atoms with Crippen LogP contribution in [0.15, 0.2) is 66.7 Å². The van der Waals surface area contributed by atoms with Crippen molar-refractivity contribution in [3.8, 4) is 11.5 Å². The number of halogens is 1. The summed E-state index contributed by atoms with van der Waals surface area (Å²) in [6, 6.07) is 22.2. The zero-order valence-corrected chi connectivity index (χ0v) is 13.3. The summed E-state index contributed by atoms with van der Waals surface area (Å²) >= 11 is 6.10. The van der Waals surface area contributed by atoms with Gasteiger partial charge in [-0.1, -0.05) is 41.9 Å². The van der Waals surface area contributed by atoms with Crippen molar-refractivity contribution in [2.24, 2.45) is 0 Å². The Kier molecular flexibility index (Phi) is 3.68. The van der Waals surface area contributed by atoms with Gasteiger partial charge in [-0.25, -0.2) is 0 Å². The van der Waals surface area contributed by atoms with Gasteiger partial charge in [0.25, 0.3) is 0 Å². The van der Waals surface area contributed by atoms with Gasteiger partial charge < -0.3 is 10.1 Å². The van der Waals surface area contributed by atoms with Crippen molar-refractivity contribution in [2.75, 3.05) is 5.32 Å². The van der Waals surface area contributed by atoms with Gasteiger partial charge in [0.1, 0.15) is 11.5 Å². The quantitative estimate of drug-likeness (QED) is 0.658. The number of rotatable bonds is 2. The number of ether oxygens (including phenoxy) is 1. The Hall–Kier alpha value is -2.45. The van der Waals surface area contributed by atoms with Crippen LogP contribution < -0.4 is 10.1 Å². The molecule has 0 fully saturated rings. The minimum Gasteiger partial charge on any atom is -0.457 e. The van der Waals surface area contributed by atoms with Crippen molar-refractivity contribution >= 4 is 17.3 Å². The van der Waals surface area contributed by atoms with Gasteiger partial charge in [-0.2, -0.15) is 0 Å². The molecule has 0 unspecified atom stereocenters. The summed E-state index contributed by atoms with van der Waals surface area (Å²) in [6.45, 7) is 0.800. The van der Waals surface area contributed by atoms with Crippen LogP contribution in [0.5, 0.6) is 11.5 Å². The number of para-hydroxylation sites is 1. The minimum absolute atomic E-state index is 0.760. The Balaban J connectivity index is 1.65. The van der Waals surface area contributed by atoms with E-state index in [0.29, 0.717) is 0 Å². The van der Waals surface area contributed by atoms with Crippen molar-refractivity contribution < 1.29 is 4.74 Å². The molecule has 0 spiro atoms. The third-order valence-electron chi connectivity index (χ3n) is 4.08. The molecule has 0 amide bonds. The predicted molar refractivity (Wildman–Crippen MR) is 94.5 cm³/mol. The number of fused-ring (bicyclic) bond motifs is 2. The molecule has 4 rings (SSSR count). The molecule has 0 aliphatic carbocycles. The molecule has 1 heterocycles. The fourth-order valence-electron chi connectivity index (χ4n) is 2.89. The monoisotopic (exact) mass is 321 g/mol. The molecule has 114 valence electrons. The first kappa shape index (κ1) is 14.2. The molecule has 0 saturated carbocycles. The molecule has 2 nitrogen and oxygen atoms in total. The van der Waals surface area contributed by atoms with Gasteiger partial charge in [0, 0.05) is 17.3 Å². The van der Waals surface area contributed by atoms with E-state index in [1.807, 2.05) is 48.5 Å². The molecule has 3 aromatic rings. The van der Waals surface area contributed by atoms with Crippen molar-refractivity contribution in [1.29, 1.82) is 0 Å². The molecular formula is C20H16ClNO. The number of hydrogen-bond acceptors (Lipinski definition) is 2. The van der Waals surface area contributed by atoms with Gasteiger partial charge in [-0.15, -0.1) is 0 Å². The van der Waals surface area contributed by atoms with Crippen molar-refractivity contribution in [1.82, 2.24) is 0 Å². The topological polar surface area (TPSA) is 21.3 Å². The van der Waals surface area contributed by atoms with Crippen LogP contribution in [-0.4, -0.2) is 0 Å². The molecule has 0 bridgehead atoms. The lowest BCUT2D eigenvalue weighted by Crippen LogP contribution is -1.99. The highest BCUT2D eigenvalue weighted by molar-refractivity contribution is 6.30. The summed E-state index contributed by atoms with van der Waals surface area (Å²) < 4.78 is 5.95. The van der Waals surface area contributed by atoms with Crippen LogP contribution in [0.2, 0.25) is 5.02 Å². The number of anilines is 1. The van der Waals surface area contributed by atoms with E-state index >= 15 is 0 Å². The SMILES string of the molecule is Clc1ccc2c(c1)NCc1ccc(Oc3ccccc3)cc1C2. The summed E-state index contributed by atoms with van der Waals surface area (Å²) in [5, 5.41) is 4.23. The molecule has 1 aliphatic rings.